The molecule has 5 nitrogen and oxygen atoms in total. The Morgan fingerprint density at radius 1 is 0.933 bits per heavy atom. The Morgan fingerprint density at radius 3 is 2.33 bits per heavy atom. The van der Waals surface area contributed by atoms with Crippen molar-refractivity contribution in [2.45, 2.75) is 13.8 Å². The van der Waals surface area contributed by atoms with Crippen LogP contribution in [0.1, 0.15) is 27.0 Å². The van der Waals surface area contributed by atoms with Crippen molar-refractivity contribution in [1.29, 1.82) is 5.26 Å². The van der Waals surface area contributed by atoms with Crippen LogP contribution < -0.4 is 5.32 Å². The predicted molar refractivity (Wildman–Crippen MR) is 118 cm³/mol. The van der Waals surface area contributed by atoms with Gasteiger partial charge < -0.3 is 10.2 Å². The highest BCUT2D eigenvalue weighted by Gasteiger charge is 2.20. The van der Waals surface area contributed by atoms with E-state index < -0.39 is 0 Å². The smallest absolute Gasteiger partial charge is 0.254 e. The third kappa shape index (κ3) is 4.39. The standard InChI is InChI=1S/C25H23N3O2/c1-17-9-8-14-23(18(17)2)27-24(29)16-28(3)25(30)22-13-7-6-12-21(22)20-11-5-4-10-19(20)15-26/h4-14H,16H2,1-3H3,(H,27,29). The average molecular weight is 397 g/mol. The Balaban J connectivity index is 1.81. The van der Waals surface area contributed by atoms with Gasteiger partial charge in [-0.3, -0.25) is 9.59 Å². The lowest BCUT2D eigenvalue weighted by Crippen LogP contribution is -2.35. The van der Waals surface area contributed by atoms with Gasteiger partial charge in [-0.1, -0.05) is 48.5 Å². The molecular weight excluding hydrogens is 374 g/mol. The van der Waals surface area contributed by atoms with Gasteiger partial charge in [0.15, 0.2) is 0 Å². The lowest BCUT2D eigenvalue weighted by atomic mass is 9.95. The molecule has 0 atom stereocenters. The third-order valence-corrected chi connectivity index (χ3v) is 5.10. The molecule has 150 valence electrons. The zero-order valence-electron chi connectivity index (χ0n) is 17.3. The summed E-state index contributed by atoms with van der Waals surface area (Å²) in [6, 6.07) is 22.2. The summed E-state index contributed by atoms with van der Waals surface area (Å²) in [7, 11) is 1.60. The molecule has 0 bridgehead atoms. The minimum absolute atomic E-state index is 0.0829. The summed E-state index contributed by atoms with van der Waals surface area (Å²) in [5, 5.41) is 12.3. The Bertz CT molecular complexity index is 1150. The topological polar surface area (TPSA) is 73.2 Å². The van der Waals surface area contributed by atoms with Gasteiger partial charge in [0.1, 0.15) is 0 Å². The van der Waals surface area contributed by atoms with Crippen LogP contribution in [0.5, 0.6) is 0 Å². The number of benzene rings is 3. The van der Waals surface area contributed by atoms with E-state index in [1.54, 1.807) is 31.3 Å². The molecule has 0 aliphatic carbocycles. The summed E-state index contributed by atoms with van der Waals surface area (Å²) in [6.45, 7) is 3.85. The molecule has 3 aromatic carbocycles. The van der Waals surface area contributed by atoms with Crippen molar-refractivity contribution in [1.82, 2.24) is 4.90 Å². The van der Waals surface area contributed by atoms with Crippen LogP contribution >= 0.6 is 0 Å². The van der Waals surface area contributed by atoms with Gasteiger partial charge in [0.25, 0.3) is 5.91 Å². The number of carbonyl (C=O) groups excluding carboxylic acids is 2. The van der Waals surface area contributed by atoms with Crippen molar-refractivity contribution in [3.05, 3.63) is 89.0 Å². The fourth-order valence-electron chi connectivity index (χ4n) is 3.29. The normalized spacial score (nSPS) is 10.2. The molecule has 0 fully saturated rings. The summed E-state index contributed by atoms with van der Waals surface area (Å²) in [5.41, 5.74) is 5.12. The molecule has 3 rings (SSSR count). The largest absolute Gasteiger partial charge is 0.332 e. The second-order valence-corrected chi connectivity index (χ2v) is 7.16. The number of anilines is 1. The molecule has 0 saturated carbocycles. The van der Waals surface area contributed by atoms with Gasteiger partial charge in [-0.25, -0.2) is 0 Å². The third-order valence-electron chi connectivity index (χ3n) is 5.10. The van der Waals surface area contributed by atoms with E-state index in [-0.39, 0.29) is 18.4 Å². The predicted octanol–water partition coefficient (Wildman–Crippen LogP) is 4.55. The van der Waals surface area contributed by atoms with E-state index in [4.69, 9.17) is 0 Å². The summed E-state index contributed by atoms with van der Waals surface area (Å²) >= 11 is 0. The van der Waals surface area contributed by atoms with Crippen molar-refractivity contribution in [3.63, 3.8) is 0 Å². The first-order valence-electron chi connectivity index (χ1n) is 9.62. The molecule has 0 aliphatic heterocycles. The van der Waals surface area contributed by atoms with Crippen LogP contribution in [0.3, 0.4) is 0 Å². The van der Waals surface area contributed by atoms with E-state index in [0.717, 1.165) is 16.8 Å². The lowest BCUT2D eigenvalue weighted by molar-refractivity contribution is -0.116. The number of nitriles is 1. The number of nitrogens with one attached hydrogen (secondary N) is 1. The second-order valence-electron chi connectivity index (χ2n) is 7.16. The molecule has 0 heterocycles. The van der Waals surface area contributed by atoms with Crippen LogP contribution in [0.2, 0.25) is 0 Å². The van der Waals surface area contributed by atoms with Crippen molar-refractivity contribution >= 4 is 17.5 Å². The molecule has 2 amide bonds. The van der Waals surface area contributed by atoms with Crippen molar-refractivity contribution in [2.24, 2.45) is 0 Å². The number of amides is 2. The van der Waals surface area contributed by atoms with Crippen LogP contribution in [0.25, 0.3) is 11.1 Å². The van der Waals surface area contributed by atoms with Gasteiger partial charge in [-0.05, 0) is 48.7 Å². The number of rotatable bonds is 5. The minimum Gasteiger partial charge on any atom is -0.332 e. The molecule has 3 aromatic rings. The summed E-state index contributed by atoms with van der Waals surface area (Å²) < 4.78 is 0. The van der Waals surface area contributed by atoms with Crippen molar-refractivity contribution < 1.29 is 9.59 Å². The Morgan fingerprint density at radius 2 is 1.60 bits per heavy atom. The summed E-state index contributed by atoms with van der Waals surface area (Å²) in [5.74, 6) is -0.552. The zero-order chi connectivity index (χ0) is 21.7. The Hall–Kier alpha value is -3.91. The van der Waals surface area contributed by atoms with Crippen LogP contribution in [0.15, 0.2) is 66.7 Å². The highest BCUT2D eigenvalue weighted by Crippen LogP contribution is 2.27. The molecular formula is C25H23N3O2. The molecule has 0 aromatic heterocycles. The van der Waals surface area contributed by atoms with E-state index in [2.05, 4.69) is 11.4 Å². The summed E-state index contributed by atoms with van der Waals surface area (Å²) in [6.07, 6.45) is 0. The van der Waals surface area contributed by atoms with Gasteiger partial charge in [0.05, 0.1) is 18.2 Å². The number of hydrogen-bond donors (Lipinski definition) is 1. The van der Waals surface area contributed by atoms with E-state index in [9.17, 15) is 14.9 Å². The zero-order valence-corrected chi connectivity index (χ0v) is 17.3. The van der Waals surface area contributed by atoms with Gasteiger partial charge in [-0.2, -0.15) is 5.26 Å². The van der Waals surface area contributed by atoms with Crippen LogP contribution in [0.4, 0.5) is 5.69 Å². The monoisotopic (exact) mass is 397 g/mol. The Kier molecular flexibility index (Phi) is 6.29. The van der Waals surface area contributed by atoms with Crippen molar-refractivity contribution in [3.8, 4) is 17.2 Å². The molecule has 0 aliphatic rings. The highest BCUT2D eigenvalue weighted by atomic mass is 16.2. The van der Waals surface area contributed by atoms with Gasteiger partial charge in [-0.15, -0.1) is 0 Å². The molecule has 1 N–H and O–H groups in total. The van der Waals surface area contributed by atoms with Gasteiger partial charge >= 0.3 is 0 Å². The lowest BCUT2D eigenvalue weighted by Gasteiger charge is -2.19. The van der Waals surface area contributed by atoms with Crippen LogP contribution in [-0.2, 0) is 4.79 Å². The maximum atomic E-state index is 13.1. The quantitative estimate of drug-likeness (QED) is 0.686. The minimum atomic E-state index is -0.283. The number of hydrogen-bond acceptors (Lipinski definition) is 3. The van der Waals surface area contributed by atoms with E-state index in [1.807, 2.05) is 56.3 Å². The molecule has 30 heavy (non-hydrogen) atoms. The summed E-state index contributed by atoms with van der Waals surface area (Å²) in [4.78, 5) is 27.0. The number of nitrogens with zero attached hydrogens (tertiary/aromatic N) is 2. The van der Waals surface area contributed by atoms with Crippen LogP contribution in [0, 0.1) is 25.2 Å². The maximum Gasteiger partial charge on any atom is 0.254 e. The van der Waals surface area contributed by atoms with Crippen LogP contribution in [-0.4, -0.2) is 30.3 Å². The maximum absolute atomic E-state index is 13.1. The van der Waals surface area contributed by atoms with E-state index >= 15 is 0 Å². The number of likely N-dealkylation sites (N-methyl/N-ethyl adjacent to an activating group) is 1. The van der Waals surface area contributed by atoms with E-state index in [1.165, 1.54) is 4.90 Å². The SMILES string of the molecule is Cc1cccc(NC(=O)CN(C)C(=O)c2ccccc2-c2ccccc2C#N)c1C. The molecule has 0 saturated heterocycles. The number of carbonyl (C=O) groups is 2. The first-order valence-corrected chi connectivity index (χ1v) is 9.62. The fourth-order valence-corrected chi connectivity index (χ4v) is 3.29. The number of aryl methyl sites for hydroxylation is 1. The molecule has 0 spiro atoms. The van der Waals surface area contributed by atoms with E-state index in [0.29, 0.717) is 22.3 Å². The molecule has 5 heteroatoms. The fraction of sp³-hybridized carbons (Fsp3) is 0.160. The van der Waals surface area contributed by atoms with Crippen molar-refractivity contribution in [2.75, 3.05) is 18.9 Å². The first-order chi connectivity index (χ1) is 14.4. The highest BCUT2D eigenvalue weighted by molar-refractivity contribution is 6.03. The first kappa shape index (κ1) is 20.8. The Labute approximate surface area is 176 Å². The molecule has 0 unspecified atom stereocenters. The van der Waals surface area contributed by atoms with Gasteiger partial charge in [0, 0.05) is 23.9 Å². The van der Waals surface area contributed by atoms with Gasteiger partial charge in [0.2, 0.25) is 5.91 Å². The average Bonchev–Trinajstić information content (AvgIpc) is 2.76. The molecule has 0 radical (unpaired) electrons. The second kappa shape index (κ2) is 9.06.